The highest BCUT2D eigenvalue weighted by Crippen LogP contribution is 2.19. The number of carboxylic acid groups (broad SMARTS) is 1. The minimum Gasteiger partial charge on any atom is -0.480 e. The van der Waals surface area contributed by atoms with Gasteiger partial charge < -0.3 is 36.9 Å². The number of hydrogen-bond donors (Lipinski definition) is 7. The maximum Gasteiger partial charge on any atom is 0.326 e. The number of fused-ring (bicyclic) bond motifs is 1. The first-order valence-electron chi connectivity index (χ1n) is 9.69. The molecule has 3 amide bonds. The molecule has 0 fully saturated rings. The van der Waals surface area contributed by atoms with Crippen LogP contribution in [0.4, 0.5) is 0 Å². The summed E-state index contributed by atoms with van der Waals surface area (Å²) in [5, 5.41) is 27.2. The van der Waals surface area contributed by atoms with Gasteiger partial charge in [0.15, 0.2) is 0 Å². The summed E-state index contributed by atoms with van der Waals surface area (Å²) in [5.41, 5.74) is 6.91. The van der Waals surface area contributed by atoms with Gasteiger partial charge in [0.1, 0.15) is 12.1 Å². The molecule has 0 spiro atoms. The third-order valence-electron chi connectivity index (χ3n) is 4.63. The van der Waals surface area contributed by atoms with Crippen LogP contribution in [0.2, 0.25) is 0 Å². The molecule has 0 aliphatic carbocycles. The van der Waals surface area contributed by atoms with Crippen molar-refractivity contribution in [1.29, 1.82) is 0 Å². The van der Waals surface area contributed by atoms with E-state index in [1.165, 1.54) is 13.8 Å². The zero-order chi connectivity index (χ0) is 23.1. The van der Waals surface area contributed by atoms with E-state index in [1.807, 2.05) is 24.3 Å². The summed E-state index contributed by atoms with van der Waals surface area (Å²) < 4.78 is 0. The number of carbonyl (C=O) groups excluding carboxylic acids is 3. The van der Waals surface area contributed by atoms with Crippen molar-refractivity contribution in [2.45, 2.75) is 44.5 Å². The first-order valence-corrected chi connectivity index (χ1v) is 9.69. The summed E-state index contributed by atoms with van der Waals surface area (Å²) in [4.78, 5) is 50.9. The summed E-state index contributed by atoms with van der Waals surface area (Å²) in [6.45, 7) is 2.27. The topological polar surface area (TPSA) is 187 Å². The number of benzene rings is 1. The molecule has 8 N–H and O–H groups in total. The number of carboxylic acids is 1. The van der Waals surface area contributed by atoms with Crippen LogP contribution in [0.3, 0.4) is 0 Å². The predicted molar refractivity (Wildman–Crippen MR) is 112 cm³/mol. The molecule has 1 aromatic heterocycles. The fraction of sp³-hybridized carbons (Fsp3) is 0.400. The average molecular weight is 433 g/mol. The Morgan fingerprint density at radius 3 is 2.39 bits per heavy atom. The Hall–Kier alpha value is -3.44. The fourth-order valence-electron chi connectivity index (χ4n) is 2.94. The van der Waals surface area contributed by atoms with Crippen LogP contribution in [0.1, 0.15) is 19.4 Å². The van der Waals surface area contributed by atoms with Crippen LogP contribution in [-0.4, -0.2) is 69.7 Å². The van der Waals surface area contributed by atoms with E-state index in [-0.39, 0.29) is 6.42 Å². The number of aliphatic hydroxyl groups excluding tert-OH is 1. The van der Waals surface area contributed by atoms with Crippen molar-refractivity contribution in [3.63, 3.8) is 0 Å². The standard InChI is InChI=1S/C20H27N5O6/c1-10(21)18(28)23-9-16(27)25-17(11(2)26)19(29)24-15(20(30)31)7-12-8-22-14-6-4-3-5-13(12)14/h3-6,8,10-11,15,17,22,26H,7,9,21H2,1-2H3,(H,23,28)(H,24,29)(H,25,27)(H,30,31). The number of hydrogen-bond acceptors (Lipinski definition) is 6. The van der Waals surface area contributed by atoms with Gasteiger partial charge in [-0.1, -0.05) is 18.2 Å². The molecular weight excluding hydrogens is 406 g/mol. The molecule has 0 aliphatic rings. The van der Waals surface area contributed by atoms with Gasteiger partial charge in [-0.05, 0) is 25.5 Å². The molecule has 0 saturated heterocycles. The van der Waals surface area contributed by atoms with Crippen molar-refractivity contribution >= 4 is 34.6 Å². The van der Waals surface area contributed by atoms with Crippen molar-refractivity contribution in [2.75, 3.05) is 6.54 Å². The Balaban J connectivity index is 2.05. The van der Waals surface area contributed by atoms with Gasteiger partial charge in [-0.2, -0.15) is 0 Å². The SMILES string of the molecule is CC(N)C(=O)NCC(=O)NC(C(=O)NC(Cc1c[nH]c2ccccc12)C(=O)O)C(C)O. The van der Waals surface area contributed by atoms with Crippen molar-refractivity contribution in [1.82, 2.24) is 20.9 Å². The molecule has 0 saturated carbocycles. The Labute approximate surface area is 178 Å². The molecule has 4 unspecified atom stereocenters. The summed E-state index contributed by atoms with van der Waals surface area (Å²) in [6.07, 6.45) is 0.355. The zero-order valence-electron chi connectivity index (χ0n) is 17.2. The highest BCUT2D eigenvalue weighted by atomic mass is 16.4. The van der Waals surface area contributed by atoms with Gasteiger partial charge in [-0.3, -0.25) is 14.4 Å². The van der Waals surface area contributed by atoms with E-state index in [2.05, 4.69) is 20.9 Å². The van der Waals surface area contributed by atoms with Gasteiger partial charge in [0.05, 0.1) is 18.7 Å². The molecule has 11 heteroatoms. The average Bonchev–Trinajstić information content (AvgIpc) is 3.12. The maximum atomic E-state index is 12.6. The molecule has 11 nitrogen and oxygen atoms in total. The largest absolute Gasteiger partial charge is 0.480 e. The third kappa shape index (κ3) is 6.52. The molecule has 31 heavy (non-hydrogen) atoms. The van der Waals surface area contributed by atoms with Crippen LogP contribution in [0.15, 0.2) is 30.5 Å². The number of aromatic nitrogens is 1. The quantitative estimate of drug-likeness (QED) is 0.240. The molecule has 1 aromatic carbocycles. The second kappa shape index (κ2) is 10.5. The minimum absolute atomic E-state index is 0.00396. The van der Waals surface area contributed by atoms with Gasteiger partial charge in [0.2, 0.25) is 17.7 Å². The minimum atomic E-state index is -1.41. The lowest BCUT2D eigenvalue weighted by Crippen LogP contribution is -2.57. The Bertz CT molecular complexity index is 954. The molecule has 2 rings (SSSR count). The fourth-order valence-corrected chi connectivity index (χ4v) is 2.94. The summed E-state index contributed by atoms with van der Waals surface area (Å²) in [7, 11) is 0. The van der Waals surface area contributed by atoms with Crippen LogP contribution >= 0.6 is 0 Å². The molecule has 0 radical (unpaired) electrons. The highest BCUT2D eigenvalue weighted by molar-refractivity contribution is 5.93. The van der Waals surface area contributed by atoms with Crippen molar-refractivity contribution in [2.24, 2.45) is 5.73 Å². The number of nitrogens with one attached hydrogen (secondary N) is 4. The molecule has 0 bridgehead atoms. The Kier molecular flexibility index (Phi) is 8.11. The third-order valence-corrected chi connectivity index (χ3v) is 4.63. The number of nitrogens with two attached hydrogens (primary N) is 1. The summed E-state index contributed by atoms with van der Waals surface area (Å²) in [6, 6.07) is 3.81. The van der Waals surface area contributed by atoms with Crippen LogP contribution in [-0.2, 0) is 25.6 Å². The monoisotopic (exact) mass is 433 g/mol. The van der Waals surface area contributed by atoms with E-state index in [0.717, 1.165) is 10.9 Å². The number of aliphatic carboxylic acids is 1. The van der Waals surface area contributed by atoms with Crippen molar-refractivity contribution in [3.8, 4) is 0 Å². The second-order valence-corrected chi connectivity index (χ2v) is 7.26. The number of aliphatic hydroxyl groups is 1. The van der Waals surface area contributed by atoms with Crippen molar-refractivity contribution in [3.05, 3.63) is 36.0 Å². The van der Waals surface area contributed by atoms with E-state index in [4.69, 9.17) is 5.73 Å². The summed E-state index contributed by atoms with van der Waals surface area (Å²) in [5.74, 6) is -3.43. The van der Waals surface area contributed by atoms with E-state index in [0.29, 0.717) is 5.56 Å². The molecule has 1 heterocycles. The van der Waals surface area contributed by atoms with Gasteiger partial charge in [-0.15, -0.1) is 0 Å². The number of H-pyrrole nitrogens is 1. The molecular formula is C20H27N5O6. The lowest BCUT2D eigenvalue weighted by molar-refractivity contribution is -0.142. The highest BCUT2D eigenvalue weighted by Gasteiger charge is 2.30. The normalized spacial score (nSPS) is 14.8. The smallest absolute Gasteiger partial charge is 0.326 e. The molecule has 0 aliphatic heterocycles. The molecule has 2 aromatic rings. The second-order valence-electron chi connectivity index (χ2n) is 7.26. The lowest BCUT2D eigenvalue weighted by atomic mass is 10.0. The number of rotatable bonds is 10. The lowest BCUT2D eigenvalue weighted by Gasteiger charge is -2.23. The number of carbonyl (C=O) groups is 4. The molecule has 168 valence electrons. The van der Waals surface area contributed by atoms with E-state index in [9.17, 15) is 29.4 Å². The van der Waals surface area contributed by atoms with Crippen LogP contribution in [0.25, 0.3) is 10.9 Å². The van der Waals surface area contributed by atoms with Gasteiger partial charge in [0.25, 0.3) is 0 Å². The predicted octanol–water partition coefficient (Wildman–Crippen LogP) is -1.39. The Morgan fingerprint density at radius 2 is 1.77 bits per heavy atom. The molecule has 4 atom stereocenters. The summed E-state index contributed by atoms with van der Waals surface area (Å²) >= 11 is 0. The van der Waals surface area contributed by atoms with Crippen LogP contribution < -0.4 is 21.7 Å². The number of para-hydroxylation sites is 1. The Morgan fingerprint density at radius 1 is 1.10 bits per heavy atom. The maximum absolute atomic E-state index is 12.6. The van der Waals surface area contributed by atoms with Gasteiger partial charge in [-0.25, -0.2) is 4.79 Å². The van der Waals surface area contributed by atoms with E-state index in [1.54, 1.807) is 6.20 Å². The van der Waals surface area contributed by atoms with Gasteiger partial charge in [0, 0.05) is 23.5 Å². The van der Waals surface area contributed by atoms with Crippen LogP contribution in [0, 0.1) is 0 Å². The number of aromatic amines is 1. The van der Waals surface area contributed by atoms with Crippen LogP contribution in [0.5, 0.6) is 0 Å². The van der Waals surface area contributed by atoms with Gasteiger partial charge >= 0.3 is 5.97 Å². The van der Waals surface area contributed by atoms with E-state index >= 15 is 0 Å². The number of amides is 3. The first kappa shape index (κ1) is 23.8. The zero-order valence-corrected chi connectivity index (χ0v) is 17.2. The first-order chi connectivity index (χ1) is 14.6. The van der Waals surface area contributed by atoms with Crippen molar-refractivity contribution < 1.29 is 29.4 Å². The van der Waals surface area contributed by atoms with E-state index < -0.39 is 54.5 Å².